The predicted octanol–water partition coefficient (Wildman–Crippen LogP) is 7.00. The minimum atomic E-state index is 0.712. The first-order valence-electron chi connectivity index (χ1n) is 23.3. The molecule has 0 spiro atoms. The molecular weight excluding hydrogens is 761 g/mol. The molecule has 20 heteroatoms. The van der Waals surface area contributed by atoms with Crippen molar-refractivity contribution in [1.82, 2.24) is 103 Å². The average molecular weight is 833 g/mol. The number of aromatic amines is 5. The average Bonchev–Trinajstić information content (AvgIpc) is 4.12. The molecule has 5 aromatic rings. The molecule has 0 aliphatic carbocycles. The summed E-state index contributed by atoms with van der Waals surface area (Å²) in [5, 5.41) is 73.4. The maximum Gasteiger partial charge on any atom is 0.174 e. The van der Waals surface area contributed by atoms with E-state index in [2.05, 4.69) is 110 Å². The van der Waals surface area contributed by atoms with Crippen molar-refractivity contribution in [2.75, 3.05) is 0 Å². The molecule has 0 saturated heterocycles. The van der Waals surface area contributed by atoms with E-state index in [0.29, 0.717) is 5.92 Å². The van der Waals surface area contributed by atoms with Gasteiger partial charge in [-0.25, -0.2) is 0 Å². The van der Waals surface area contributed by atoms with Crippen molar-refractivity contribution >= 4 is 0 Å². The van der Waals surface area contributed by atoms with E-state index >= 15 is 0 Å². The van der Waals surface area contributed by atoms with Crippen molar-refractivity contribution in [1.29, 1.82) is 0 Å². The first kappa shape index (κ1) is 46.4. The third-order valence-electron chi connectivity index (χ3n) is 12.4. The fraction of sp³-hybridized carbons (Fsp3) is 0.875. The molecule has 5 aromatic heterocycles. The van der Waals surface area contributed by atoms with Gasteiger partial charge in [0, 0.05) is 32.1 Å². The first-order valence-corrected chi connectivity index (χ1v) is 23.3. The first-order chi connectivity index (χ1) is 29.7. The van der Waals surface area contributed by atoms with Gasteiger partial charge in [0.25, 0.3) is 0 Å². The van der Waals surface area contributed by atoms with E-state index in [1.54, 1.807) is 0 Å². The Morgan fingerprint density at radius 1 is 0.283 bits per heavy atom. The minimum absolute atomic E-state index is 0.712. The molecule has 20 nitrogen and oxygen atoms in total. The highest BCUT2D eigenvalue weighted by molar-refractivity contribution is 4.80. The van der Waals surface area contributed by atoms with Crippen molar-refractivity contribution in [3.8, 4) is 0 Å². The van der Waals surface area contributed by atoms with Gasteiger partial charge in [0.2, 0.25) is 0 Å². The van der Waals surface area contributed by atoms with E-state index in [0.717, 1.165) is 111 Å². The van der Waals surface area contributed by atoms with Gasteiger partial charge in [0.05, 0.1) is 0 Å². The van der Waals surface area contributed by atoms with Crippen LogP contribution >= 0.6 is 0 Å². The maximum absolute atomic E-state index is 4.23. The molecular formula is C40H72N20. The van der Waals surface area contributed by atoms with Crippen LogP contribution in [-0.4, -0.2) is 103 Å². The number of aromatic nitrogens is 20. The van der Waals surface area contributed by atoms with Crippen molar-refractivity contribution in [3.05, 3.63) is 29.1 Å². The van der Waals surface area contributed by atoms with Crippen molar-refractivity contribution in [2.45, 2.75) is 200 Å². The van der Waals surface area contributed by atoms with Crippen LogP contribution in [-0.2, 0) is 32.1 Å². The summed E-state index contributed by atoms with van der Waals surface area (Å²) in [5.41, 5.74) is 0. The van der Waals surface area contributed by atoms with Gasteiger partial charge in [0.15, 0.2) is 29.1 Å². The molecule has 0 aliphatic rings. The summed E-state index contributed by atoms with van der Waals surface area (Å²) < 4.78 is 0. The normalized spacial score (nSPS) is 13.8. The lowest BCUT2D eigenvalue weighted by atomic mass is 9.83. The summed E-state index contributed by atoms with van der Waals surface area (Å²) in [6, 6.07) is 0. The molecule has 4 unspecified atom stereocenters. The largest absolute Gasteiger partial charge is 0.177 e. The summed E-state index contributed by atoms with van der Waals surface area (Å²) in [6.07, 6.45) is 35.4. The van der Waals surface area contributed by atoms with Gasteiger partial charge in [-0.2, -0.15) is 26.1 Å². The number of H-pyrrole nitrogens is 5. The van der Waals surface area contributed by atoms with Crippen LogP contribution in [0.25, 0.3) is 0 Å². The predicted molar refractivity (Wildman–Crippen MR) is 224 cm³/mol. The summed E-state index contributed by atoms with van der Waals surface area (Å²) in [4.78, 5) is 0. The number of nitrogens with zero attached hydrogens (tertiary/aromatic N) is 15. The van der Waals surface area contributed by atoms with Gasteiger partial charge in [-0.05, 0) is 55.8 Å². The summed E-state index contributed by atoms with van der Waals surface area (Å²) in [6.45, 7) is 2.31. The highest BCUT2D eigenvalue weighted by Crippen LogP contribution is 2.31. The van der Waals surface area contributed by atoms with Crippen LogP contribution < -0.4 is 0 Å². The monoisotopic (exact) mass is 833 g/mol. The van der Waals surface area contributed by atoms with Crippen LogP contribution in [0.15, 0.2) is 0 Å². The number of unbranched alkanes of at least 4 members (excludes halogenated alkanes) is 4. The third-order valence-corrected chi connectivity index (χ3v) is 12.4. The molecule has 0 saturated carbocycles. The van der Waals surface area contributed by atoms with Gasteiger partial charge in [-0.15, -0.1) is 51.0 Å². The van der Waals surface area contributed by atoms with Crippen LogP contribution in [0.1, 0.15) is 197 Å². The molecule has 5 heterocycles. The Hall–Kier alpha value is -4.65. The molecule has 0 radical (unpaired) electrons. The molecule has 5 N–H and O–H groups in total. The molecule has 60 heavy (non-hydrogen) atoms. The van der Waals surface area contributed by atoms with Crippen LogP contribution in [0.3, 0.4) is 0 Å². The molecule has 0 aromatic carbocycles. The Bertz CT molecular complexity index is 1630. The number of hydrogen-bond acceptors (Lipinski definition) is 15. The lowest BCUT2D eigenvalue weighted by molar-refractivity contribution is 0.307. The van der Waals surface area contributed by atoms with E-state index < -0.39 is 0 Å². The fourth-order valence-electron chi connectivity index (χ4n) is 9.11. The maximum atomic E-state index is 4.23. The van der Waals surface area contributed by atoms with Crippen molar-refractivity contribution in [2.24, 2.45) is 23.7 Å². The second-order valence-corrected chi connectivity index (χ2v) is 17.1. The van der Waals surface area contributed by atoms with Crippen LogP contribution in [0, 0.1) is 23.7 Å². The number of tetrazole rings is 5. The fourth-order valence-corrected chi connectivity index (χ4v) is 9.11. The molecule has 0 bridgehead atoms. The summed E-state index contributed by atoms with van der Waals surface area (Å²) in [7, 11) is 0. The molecule has 5 rings (SSSR count). The zero-order valence-electron chi connectivity index (χ0n) is 36.2. The zero-order valence-corrected chi connectivity index (χ0v) is 36.2. The quantitative estimate of drug-likeness (QED) is 0.0250. The van der Waals surface area contributed by atoms with E-state index in [9.17, 15) is 0 Å². The van der Waals surface area contributed by atoms with Crippen LogP contribution in [0.2, 0.25) is 0 Å². The van der Waals surface area contributed by atoms with Gasteiger partial charge in [-0.3, -0.25) is 0 Å². The van der Waals surface area contributed by atoms with E-state index in [1.807, 2.05) is 0 Å². The summed E-state index contributed by atoms with van der Waals surface area (Å²) >= 11 is 0. The molecule has 0 fully saturated rings. The number of rotatable bonds is 38. The van der Waals surface area contributed by atoms with Crippen LogP contribution in [0.4, 0.5) is 0 Å². The van der Waals surface area contributed by atoms with Gasteiger partial charge in [0.1, 0.15) is 0 Å². The third kappa shape index (κ3) is 20.1. The lowest BCUT2D eigenvalue weighted by Gasteiger charge is -2.22. The topological polar surface area (TPSA) is 272 Å². The van der Waals surface area contributed by atoms with Crippen molar-refractivity contribution in [3.63, 3.8) is 0 Å². The Labute approximate surface area is 354 Å². The molecule has 0 amide bonds. The van der Waals surface area contributed by atoms with E-state index in [-0.39, 0.29) is 0 Å². The Morgan fingerprint density at radius 3 is 0.833 bits per heavy atom. The van der Waals surface area contributed by atoms with E-state index in [4.69, 9.17) is 0 Å². The second-order valence-electron chi connectivity index (χ2n) is 17.1. The smallest absolute Gasteiger partial charge is 0.174 e. The Balaban J connectivity index is 1.08. The highest BCUT2D eigenvalue weighted by atomic mass is 15.5. The van der Waals surface area contributed by atoms with Gasteiger partial charge >= 0.3 is 0 Å². The van der Waals surface area contributed by atoms with Gasteiger partial charge in [-0.1, -0.05) is 161 Å². The molecule has 4 atom stereocenters. The second kappa shape index (κ2) is 29.6. The Kier molecular flexibility index (Phi) is 22.9. The van der Waals surface area contributed by atoms with Crippen LogP contribution in [0.5, 0.6) is 0 Å². The zero-order chi connectivity index (χ0) is 41.6. The molecule has 332 valence electrons. The SMILES string of the molecule is CCCC(CCCc1nn[nH]n1)CCCC(CCCc1nn[nH]n1)CCCC(CCCc1nn[nH]n1)CCCC(CCCCCCCc1nn[nH]n1)CCCc1nn[nH]n1. The van der Waals surface area contributed by atoms with Gasteiger partial charge < -0.3 is 0 Å². The van der Waals surface area contributed by atoms with Crippen molar-refractivity contribution < 1.29 is 0 Å². The lowest BCUT2D eigenvalue weighted by Crippen LogP contribution is -2.09. The summed E-state index contributed by atoms with van der Waals surface area (Å²) in [5.74, 6) is 7.05. The Morgan fingerprint density at radius 2 is 0.533 bits per heavy atom. The standard InChI is InChI=1S/C40H72N20/c1-2-15-32(23-11-28-37-43-53-54-44-37)17-8-19-34(25-13-30-39-47-57-58-48-39)21-10-22-35(26-14-31-40-49-59-60-50-40)20-9-18-33(24-12-29-38-45-55-56-46-38)16-6-4-3-5-7-27-36-41-51-52-42-36/h32-35H,2-31H2,1H3,(H,41,42,51,52)(H,43,44,53,54)(H,45,46,55,56)(H,47,48,57,58)(H,49,50,59,60). The number of hydrogen-bond donors (Lipinski definition) is 5. The van der Waals surface area contributed by atoms with E-state index in [1.165, 1.54) is 128 Å². The minimum Gasteiger partial charge on any atom is -0.177 e. The highest BCUT2D eigenvalue weighted by Gasteiger charge is 2.17. The number of nitrogens with one attached hydrogen (secondary N) is 5. The molecule has 0 aliphatic heterocycles. The number of aryl methyl sites for hydroxylation is 5.